The van der Waals surface area contributed by atoms with Gasteiger partial charge in [-0.15, -0.1) is 0 Å². The fourth-order valence-corrected chi connectivity index (χ4v) is 2.86. The van der Waals surface area contributed by atoms with E-state index in [4.69, 9.17) is 25.8 Å². The molecule has 0 radical (unpaired) electrons. The number of ether oxygens (including phenoxy) is 3. The van der Waals surface area contributed by atoms with E-state index in [1.165, 1.54) is 33.5 Å². The summed E-state index contributed by atoms with van der Waals surface area (Å²) in [6, 6.07) is 7.84. The number of carbonyl (C=O) groups is 1. The number of H-pyrrole nitrogens is 1. The van der Waals surface area contributed by atoms with Crippen molar-refractivity contribution in [2.24, 2.45) is 0 Å². The summed E-state index contributed by atoms with van der Waals surface area (Å²) in [5, 5.41) is 0.499. The Balaban J connectivity index is 2.16. The maximum atomic E-state index is 12.8. The van der Waals surface area contributed by atoms with Crippen molar-refractivity contribution in [3.05, 3.63) is 57.1 Å². The van der Waals surface area contributed by atoms with Crippen molar-refractivity contribution in [3.8, 4) is 17.2 Å². The van der Waals surface area contributed by atoms with Gasteiger partial charge in [-0.05, 0) is 24.3 Å². The number of nitrogens with zero attached hydrogens (tertiary/aromatic N) is 1. The lowest BCUT2D eigenvalue weighted by Crippen LogP contribution is -2.17. The summed E-state index contributed by atoms with van der Waals surface area (Å²) in [4.78, 5) is 31.9. The predicted molar refractivity (Wildman–Crippen MR) is 96.9 cm³/mol. The molecule has 0 aliphatic heterocycles. The number of ketones is 1. The molecular formula is C18H15ClN2O5. The van der Waals surface area contributed by atoms with Gasteiger partial charge in [0.15, 0.2) is 17.3 Å². The largest absolute Gasteiger partial charge is 0.493 e. The van der Waals surface area contributed by atoms with Crippen LogP contribution in [0.4, 0.5) is 0 Å². The van der Waals surface area contributed by atoms with Crippen molar-refractivity contribution in [3.63, 3.8) is 0 Å². The Kier molecular flexibility index (Phi) is 4.81. The molecule has 7 nitrogen and oxygen atoms in total. The number of benzene rings is 2. The lowest BCUT2D eigenvalue weighted by atomic mass is 10.1. The van der Waals surface area contributed by atoms with Gasteiger partial charge >= 0.3 is 0 Å². The number of aromatic nitrogens is 2. The Morgan fingerprint density at radius 2 is 1.73 bits per heavy atom. The van der Waals surface area contributed by atoms with Gasteiger partial charge in [0, 0.05) is 5.56 Å². The summed E-state index contributed by atoms with van der Waals surface area (Å²) in [5.41, 5.74) is 0.0671. The number of fused-ring (bicyclic) bond motifs is 1. The minimum Gasteiger partial charge on any atom is -0.493 e. The van der Waals surface area contributed by atoms with E-state index in [0.717, 1.165) is 0 Å². The number of aromatic amines is 1. The number of hydrogen-bond acceptors (Lipinski definition) is 6. The normalized spacial score (nSPS) is 10.6. The van der Waals surface area contributed by atoms with Crippen LogP contribution >= 0.6 is 11.6 Å². The van der Waals surface area contributed by atoms with E-state index in [-0.39, 0.29) is 21.8 Å². The molecule has 1 aromatic heterocycles. The first kappa shape index (κ1) is 17.8. The van der Waals surface area contributed by atoms with Crippen LogP contribution in [0.25, 0.3) is 10.9 Å². The van der Waals surface area contributed by atoms with E-state index < -0.39 is 11.3 Å². The molecule has 0 aliphatic rings. The topological polar surface area (TPSA) is 90.5 Å². The average Bonchev–Trinajstić information content (AvgIpc) is 2.65. The van der Waals surface area contributed by atoms with E-state index in [1.54, 1.807) is 18.2 Å². The lowest BCUT2D eigenvalue weighted by molar-refractivity contribution is 0.102. The molecule has 1 heterocycles. The maximum absolute atomic E-state index is 12.8. The minimum atomic E-state index is -0.497. The van der Waals surface area contributed by atoms with Crippen molar-refractivity contribution in [1.29, 1.82) is 0 Å². The summed E-state index contributed by atoms with van der Waals surface area (Å²) in [6.45, 7) is 0. The molecule has 2 aromatic carbocycles. The van der Waals surface area contributed by atoms with Crippen LogP contribution in [0.5, 0.6) is 17.2 Å². The molecule has 1 N–H and O–H groups in total. The molecular weight excluding hydrogens is 360 g/mol. The number of carbonyl (C=O) groups excluding carboxylic acids is 1. The van der Waals surface area contributed by atoms with Crippen molar-refractivity contribution in [1.82, 2.24) is 9.97 Å². The molecule has 8 heteroatoms. The molecule has 26 heavy (non-hydrogen) atoms. The second kappa shape index (κ2) is 7.05. The molecule has 0 spiro atoms. The van der Waals surface area contributed by atoms with Crippen LogP contribution in [-0.2, 0) is 0 Å². The standard InChI is InChI=1S/C18H15ClN2O5/c1-24-12-7-9(8-13(25-2)16(12)26-3)15(22)17-20-11-6-4-5-10(19)14(11)18(23)21-17/h4-8H,1-3H3,(H,20,21,23). The second-order valence-corrected chi connectivity index (χ2v) is 5.70. The van der Waals surface area contributed by atoms with Crippen LogP contribution in [0.2, 0.25) is 5.02 Å². The van der Waals surface area contributed by atoms with Gasteiger partial charge < -0.3 is 19.2 Å². The highest BCUT2D eigenvalue weighted by Crippen LogP contribution is 2.38. The number of hydrogen-bond donors (Lipinski definition) is 1. The first-order chi connectivity index (χ1) is 12.5. The smallest absolute Gasteiger partial charge is 0.260 e. The molecule has 0 saturated heterocycles. The van der Waals surface area contributed by atoms with E-state index >= 15 is 0 Å². The lowest BCUT2D eigenvalue weighted by Gasteiger charge is -2.13. The van der Waals surface area contributed by atoms with Crippen LogP contribution in [0.1, 0.15) is 16.2 Å². The van der Waals surface area contributed by atoms with Crippen molar-refractivity contribution in [2.75, 3.05) is 21.3 Å². The quantitative estimate of drug-likeness (QED) is 0.690. The van der Waals surface area contributed by atoms with Crippen LogP contribution < -0.4 is 19.8 Å². The van der Waals surface area contributed by atoms with E-state index in [0.29, 0.717) is 22.8 Å². The molecule has 0 unspecified atom stereocenters. The highest BCUT2D eigenvalue weighted by atomic mass is 35.5. The number of halogens is 1. The van der Waals surface area contributed by atoms with Gasteiger partial charge in [-0.2, -0.15) is 0 Å². The summed E-state index contributed by atoms with van der Waals surface area (Å²) >= 11 is 6.03. The summed E-state index contributed by atoms with van der Waals surface area (Å²) in [5.74, 6) is 0.392. The Morgan fingerprint density at radius 1 is 1.08 bits per heavy atom. The Morgan fingerprint density at radius 3 is 2.31 bits per heavy atom. The SMILES string of the molecule is COc1cc(C(=O)c2nc3cccc(Cl)c3c(=O)[nH]2)cc(OC)c1OC. The van der Waals surface area contributed by atoms with E-state index in [2.05, 4.69) is 9.97 Å². The van der Waals surface area contributed by atoms with Crippen LogP contribution in [0, 0.1) is 0 Å². The zero-order valence-electron chi connectivity index (χ0n) is 14.3. The Labute approximate surface area is 153 Å². The van der Waals surface area contributed by atoms with Gasteiger partial charge in [0.25, 0.3) is 5.56 Å². The van der Waals surface area contributed by atoms with Crippen molar-refractivity contribution in [2.45, 2.75) is 0 Å². The molecule has 3 aromatic rings. The fourth-order valence-electron chi connectivity index (χ4n) is 2.61. The second-order valence-electron chi connectivity index (χ2n) is 5.29. The Hall–Kier alpha value is -3.06. The highest BCUT2D eigenvalue weighted by molar-refractivity contribution is 6.35. The van der Waals surface area contributed by atoms with Crippen LogP contribution in [-0.4, -0.2) is 37.1 Å². The van der Waals surface area contributed by atoms with Crippen molar-refractivity contribution < 1.29 is 19.0 Å². The number of rotatable bonds is 5. The third-order valence-electron chi connectivity index (χ3n) is 3.82. The first-order valence-corrected chi connectivity index (χ1v) is 7.91. The number of methoxy groups -OCH3 is 3. The molecule has 134 valence electrons. The predicted octanol–water partition coefficient (Wildman–Crippen LogP) is 2.83. The molecule has 0 aliphatic carbocycles. The van der Waals surface area contributed by atoms with E-state index in [1.807, 2.05) is 0 Å². The van der Waals surface area contributed by atoms with Crippen molar-refractivity contribution >= 4 is 28.3 Å². The zero-order valence-corrected chi connectivity index (χ0v) is 15.0. The van der Waals surface area contributed by atoms with Gasteiger partial charge in [-0.3, -0.25) is 9.59 Å². The summed E-state index contributed by atoms with van der Waals surface area (Å²) < 4.78 is 15.7. The first-order valence-electron chi connectivity index (χ1n) is 7.53. The fraction of sp³-hybridized carbons (Fsp3) is 0.167. The van der Waals surface area contributed by atoms with Gasteiger partial charge in [0.2, 0.25) is 11.5 Å². The average molecular weight is 375 g/mol. The summed E-state index contributed by atoms with van der Waals surface area (Å²) in [7, 11) is 4.36. The molecule has 0 atom stereocenters. The van der Waals surface area contributed by atoms with Gasteiger partial charge in [0.05, 0.1) is 37.3 Å². The molecule has 0 saturated carbocycles. The monoisotopic (exact) mass is 374 g/mol. The van der Waals surface area contributed by atoms with Gasteiger partial charge in [-0.25, -0.2) is 4.98 Å². The van der Waals surface area contributed by atoms with Crippen LogP contribution in [0.3, 0.4) is 0 Å². The summed E-state index contributed by atoms with van der Waals surface area (Å²) in [6.07, 6.45) is 0. The minimum absolute atomic E-state index is 0.112. The molecule has 3 rings (SSSR count). The zero-order chi connectivity index (χ0) is 18.8. The Bertz CT molecular complexity index is 1040. The third kappa shape index (κ3) is 2.97. The van der Waals surface area contributed by atoms with E-state index in [9.17, 15) is 9.59 Å². The third-order valence-corrected chi connectivity index (χ3v) is 4.14. The maximum Gasteiger partial charge on any atom is 0.260 e. The molecule has 0 bridgehead atoms. The van der Waals surface area contributed by atoms with Gasteiger partial charge in [0.1, 0.15) is 0 Å². The highest BCUT2D eigenvalue weighted by Gasteiger charge is 2.20. The van der Waals surface area contributed by atoms with Gasteiger partial charge in [-0.1, -0.05) is 17.7 Å². The number of nitrogens with one attached hydrogen (secondary N) is 1. The van der Waals surface area contributed by atoms with Crippen LogP contribution in [0.15, 0.2) is 35.1 Å². The molecule has 0 amide bonds. The molecule has 0 fully saturated rings.